The molecule has 0 spiro atoms. The zero-order valence-electron chi connectivity index (χ0n) is 22.8. The number of carboxylic acid groups (broad SMARTS) is 1. The Bertz CT molecular complexity index is 425. The van der Waals surface area contributed by atoms with Gasteiger partial charge in [-0.3, -0.25) is 4.79 Å². The minimum atomic E-state index is -0.675. The first-order chi connectivity index (χ1) is 15.9. The summed E-state index contributed by atoms with van der Waals surface area (Å²) in [5, 5.41) is 19.1. The fourth-order valence-corrected chi connectivity index (χ4v) is 4.85. The minimum absolute atomic E-state index is 0.165. The predicted molar refractivity (Wildman–Crippen MR) is 143 cm³/mol. The molecule has 0 amide bonds. The molecule has 0 aliphatic carbocycles. The van der Waals surface area contributed by atoms with Crippen molar-refractivity contribution >= 4 is 5.97 Å². The van der Waals surface area contributed by atoms with Crippen molar-refractivity contribution in [1.29, 1.82) is 0 Å². The number of aliphatic carboxylic acids is 1. The first kappa shape index (κ1) is 32.4. The molecule has 0 aliphatic heterocycles. The molecule has 0 saturated heterocycles. The van der Waals surface area contributed by atoms with Gasteiger partial charge in [0.25, 0.3) is 0 Å². The summed E-state index contributed by atoms with van der Waals surface area (Å²) in [7, 11) is 4.50. The van der Waals surface area contributed by atoms with Crippen LogP contribution in [0.15, 0.2) is 0 Å². The molecule has 0 aliphatic rings. The van der Waals surface area contributed by atoms with Gasteiger partial charge < -0.3 is 14.7 Å². The fraction of sp³-hybridized carbons (Fsp3) is 0.966. The molecule has 198 valence electrons. The average molecular weight is 471 g/mol. The van der Waals surface area contributed by atoms with Crippen LogP contribution in [0.2, 0.25) is 0 Å². The minimum Gasteiger partial charge on any atom is -0.481 e. The molecule has 4 heteroatoms. The molecule has 0 bridgehead atoms. The molecule has 0 saturated carbocycles. The van der Waals surface area contributed by atoms with E-state index in [4.69, 9.17) is 5.11 Å². The molecule has 33 heavy (non-hydrogen) atoms. The summed E-state index contributed by atoms with van der Waals surface area (Å²) in [5.74, 6) is -0.675. The number of hydrogen-bond donors (Lipinski definition) is 2. The number of aliphatic hydroxyl groups excluding tert-OH is 1. The topological polar surface area (TPSA) is 57.5 Å². The second-order valence-corrected chi connectivity index (χ2v) is 11.1. The van der Waals surface area contributed by atoms with Gasteiger partial charge >= 0.3 is 5.97 Å². The zero-order chi connectivity index (χ0) is 24.6. The van der Waals surface area contributed by atoms with Crippen LogP contribution in [0.3, 0.4) is 0 Å². The molecular formula is C29H60NO3+. The molecule has 0 aromatic carbocycles. The Kier molecular flexibility index (Phi) is 22.7. The number of hydrogen-bond acceptors (Lipinski definition) is 2. The van der Waals surface area contributed by atoms with Crippen molar-refractivity contribution in [2.24, 2.45) is 0 Å². The van der Waals surface area contributed by atoms with Crippen LogP contribution < -0.4 is 0 Å². The number of unbranched alkanes of at least 4 members (excludes halogenated alkanes) is 18. The van der Waals surface area contributed by atoms with Crippen molar-refractivity contribution < 1.29 is 19.5 Å². The van der Waals surface area contributed by atoms with E-state index < -0.39 is 5.97 Å². The maximum atomic E-state index is 10.5. The Morgan fingerprint density at radius 1 is 0.636 bits per heavy atom. The van der Waals surface area contributed by atoms with Crippen LogP contribution in [0, 0.1) is 0 Å². The van der Waals surface area contributed by atoms with E-state index in [0.29, 0.717) is 6.42 Å². The van der Waals surface area contributed by atoms with E-state index in [1.54, 1.807) is 0 Å². The Hall–Kier alpha value is -0.610. The molecule has 4 nitrogen and oxygen atoms in total. The largest absolute Gasteiger partial charge is 0.481 e. The van der Waals surface area contributed by atoms with Crippen molar-refractivity contribution in [2.75, 3.05) is 27.2 Å². The quantitative estimate of drug-likeness (QED) is 0.0991. The van der Waals surface area contributed by atoms with E-state index in [2.05, 4.69) is 21.0 Å². The zero-order valence-corrected chi connectivity index (χ0v) is 22.8. The summed E-state index contributed by atoms with van der Waals surface area (Å²) in [6.07, 6.45) is 26.9. The van der Waals surface area contributed by atoms with Crippen molar-refractivity contribution in [2.45, 2.75) is 154 Å². The number of carbonyl (C=O) groups is 1. The third-order valence-electron chi connectivity index (χ3n) is 7.00. The highest BCUT2D eigenvalue weighted by atomic mass is 16.4. The van der Waals surface area contributed by atoms with E-state index in [9.17, 15) is 9.90 Å². The first-order valence-electron chi connectivity index (χ1n) is 14.6. The summed E-state index contributed by atoms with van der Waals surface area (Å²) >= 11 is 0. The third kappa shape index (κ3) is 25.8. The number of nitrogens with zero attached hydrogens (tertiary/aromatic N) is 1. The average Bonchev–Trinajstić information content (AvgIpc) is 2.75. The Morgan fingerprint density at radius 3 is 1.48 bits per heavy atom. The molecule has 0 fully saturated rings. The molecule has 2 N–H and O–H groups in total. The number of rotatable bonds is 26. The second-order valence-electron chi connectivity index (χ2n) is 11.1. The van der Waals surface area contributed by atoms with Gasteiger partial charge in [-0.2, -0.15) is 0 Å². The van der Waals surface area contributed by atoms with E-state index >= 15 is 0 Å². The van der Waals surface area contributed by atoms with E-state index in [-0.39, 0.29) is 6.10 Å². The Morgan fingerprint density at radius 2 is 1.03 bits per heavy atom. The van der Waals surface area contributed by atoms with Crippen LogP contribution in [0.1, 0.15) is 148 Å². The van der Waals surface area contributed by atoms with E-state index in [0.717, 1.165) is 43.3 Å². The van der Waals surface area contributed by atoms with Gasteiger partial charge in [-0.15, -0.1) is 0 Å². The van der Waals surface area contributed by atoms with Gasteiger partial charge in [-0.1, -0.05) is 116 Å². The Labute approximate surface area is 207 Å². The summed E-state index contributed by atoms with van der Waals surface area (Å²) in [6, 6.07) is 0. The lowest BCUT2D eigenvalue weighted by Gasteiger charge is -2.32. The molecule has 0 aromatic rings. The van der Waals surface area contributed by atoms with Gasteiger partial charge in [0.15, 0.2) is 0 Å². The highest BCUT2D eigenvalue weighted by molar-refractivity contribution is 5.66. The monoisotopic (exact) mass is 470 g/mol. The SMILES string of the molecule is CCCCCCCCCCCCCCCC(O)C[N+](C)(C)CCCCCCCCCC(=O)O. The fourth-order valence-electron chi connectivity index (χ4n) is 4.85. The molecular weight excluding hydrogens is 410 g/mol. The summed E-state index contributed by atoms with van der Waals surface area (Å²) in [4.78, 5) is 10.5. The van der Waals surface area contributed by atoms with Crippen LogP contribution in [0.25, 0.3) is 0 Å². The van der Waals surface area contributed by atoms with E-state index in [1.807, 2.05) is 0 Å². The number of quaternary nitrogens is 1. The maximum Gasteiger partial charge on any atom is 0.303 e. The van der Waals surface area contributed by atoms with Gasteiger partial charge in [0.05, 0.1) is 20.6 Å². The maximum absolute atomic E-state index is 10.5. The third-order valence-corrected chi connectivity index (χ3v) is 7.00. The molecule has 0 radical (unpaired) electrons. The number of aliphatic hydroxyl groups is 1. The smallest absolute Gasteiger partial charge is 0.303 e. The van der Waals surface area contributed by atoms with Crippen LogP contribution >= 0.6 is 0 Å². The highest BCUT2D eigenvalue weighted by Gasteiger charge is 2.19. The van der Waals surface area contributed by atoms with Crippen LogP contribution in [0.4, 0.5) is 0 Å². The number of likely N-dealkylation sites (N-methyl/N-ethyl adjacent to an activating group) is 1. The lowest BCUT2D eigenvalue weighted by molar-refractivity contribution is -0.893. The lowest BCUT2D eigenvalue weighted by atomic mass is 10.0. The van der Waals surface area contributed by atoms with Crippen molar-refractivity contribution in [1.82, 2.24) is 0 Å². The van der Waals surface area contributed by atoms with E-state index in [1.165, 1.54) is 109 Å². The molecule has 0 rings (SSSR count). The summed E-state index contributed by atoms with van der Waals surface area (Å²) in [5.41, 5.74) is 0. The van der Waals surface area contributed by atoms with Crippen molar-refractivity contribution in [3.05, 3.63) is 0 Å². The standard InChI is InChI=1S/C29H59NO3/c1-4-5-6-7-8-9-10-11-12-13-15-18-21-24-28(31)27-30(2,3)26-23-20-17-14-16-19-22-25-29(32)33/h28,31H,4-27H2,1-3H3/p+1. The van der Waals surface area contributed by atoms with Gasteiger partial charge in [0.1, 0.15) is 12.6 Å². The van der Waals surface area contributed by atoms with Crippen molar-refractivity contribution in [3.63, 3.8) is 0 Å². The molecule has 0 aromatic heterocycles. The van der Waals surface area contributed by atoms with Crippen LogP contribution in [-0.4, -0.2) is 54.0 Å². The summed E-state index contributed by atoms with van der Waals surface area (Å²) < 4.78 is 0.915. The first-order valence-corrected chi connectivity index (χ1v) is 14.6. The van der Waals surface area contributed by atoms with Gasteiger partial charge in [0.2, 0.25) is 0 Å². The molecule has 0 heterocycles. The van der Waals surface area contributed by atoms with Gasteiger partial charge in [-0.25, -0.2) is 0 Å². The molecule has 1 atom stereocenters. The predicted octanol–water partition coefficient (Wildman–Crippen LogP) is 8.11. The number of carboxylic acids is 1. The second kappa shape index (κ2) is 23.1. The normalized spacial score (nSPS) is 12.8. The summed E-state index contributed by atoms with van der Waals surface area (Å²) in [6.45, 7) is 4.28. The van der Waals surface area contributed by atoms with Crippen molar-refractivity contribution in [3.8, 4) is 0 Å². The highest BCUT2D eigenvalue weighted by Crippen LogP contribution is 2.15. The van der Waals surface area contributed by atoms with Gasteiger partial charge in [-0.05, 0) is 25.7 Å². The van der Waals surface area contributed by atoms with Crippen LogP contribution in [-0.2, 0) is 4.79 Å². The Balaban J connectivity index is 3.46. The molecule has 1 unspecified atom stereocenters. The lowest BCUT2D eigenvalue weighted by Crippen LogP contribution is -2.45. The van der Waals surface area contributed by atoms with Crippen LogP contribution in [0.5, 0.6) is 0 Å². The van der Waals surface area contributed by atoms with Gasteiger partial charge in [0, 0.05) is 6.42 Å².